The van der Waals surface area contributed by atoms with Gasteiger partial charge in [-0.1, -0.05) is 77.4 Å². The Morgan fingerprint density at radius 1 is 0.789 bits per heavy atom. The maximum atomic E-state index is 14.9. The van der Waals surface area contributed by atoms with E-state index in [1.165, 1.54) is 5.57 Å². The highest BCUT2D eigenvalue weighted by atomic mass is 16.5. The fourth-order valence-electron chi connectivity index (χ4n) is 12.7. The molecule has 1 N–H and O–H groups in total. The summed E-state index contributed by atoms with van der Waals surface area (Å²) in [5, 5.41) is 2.76. The average molecular weight is 792 g/mol. The minimum Gasteiger partial charge on any atom is -0.460 e. The molecule has 4 fully saturated rings. The quantitative estimate of drug-likeness (QED) is 0.141. The molecule has 1 amide bonds. The van der Waals surface area contributed by atoms with Crippen molar-refractivity contribution in [2.45, 2.75) is 113 Å². The largest absolute Gasteiger partial charge is 0.460 e. The lowest BCUT2D eigenvalue weighted by Gasteiger charge is -2.70. The number of ether oxygens (including phenoxy) is 5. The Balaban J connectivity index is 1.11. The van der Waals surface area contributed by atoms with Crippen molar-refractivity contribution < 1.29 is 42.9 Å². The molecular formula is C47H69NO9. The Bertz CT molecular complexity index is 1680. The third-order valence-electron chi connectivity index (χ3n) is 16.3. The van der Waals surface area contributed by atoms with Crippen LogP contribution in [0.15, 0.2) is 42.0 Å². The highest BCUT2D eigenvalue weighted by molar-refractivity contribution is 5.96. The van der Waals surface area contributed by atoms with Gasteiger partial charge in [0.15, 0.2) is 12.4 Å². The van der Waals surface area contributed by atoms with Gasteiger partial charge in [0, 0.05) is 19.6 Å². The standard InChI is InChI=1S/C47H69NO9/c1-42(2)33(40(51)56-31-38(50)48-22-23-54-26-27-55-25-24-53-8)14-16-45(5)37(42)15-17-47(7)39(45)36(49)28-34-35-29-44(4,19-18-43(35,3)20-21-46(34,47)6)41(52)57-30-32-12-10-9-11-13-32/h9-13,28,33,35,37,39H,14-27,29-31H2,1-8H3,(H,48,50)/t33-,35+,37+,39-,43-,44+,45+,46-,47-/m1/s1. The molecule has 57 heavy (non-hydrogen) atoms. The number of amides is 1. The average Bonchev–Trinajstić information content (AvgIpc) is 3.17. The predicted molar refractivity (Wildman–Crippen MR) is 217 cm³/mol. The minimum atomic E-state index is -0.617. The molecule has 0 saturated heterocycles. The third kappa shape index (κ3) is 8.13. The van der Waals surface area contributed by atoms with Crippen molar-refractivity contribution >= 4 is 23.6 Å². The molecule has 0 radical (unpaired) electrons. The molecule has 0 unspecified atom stereocenters. The number of ketones is 1. The van der Waals surface area contributed by atoms with Crippen LogP contribution in [0.1, 0.15) is 112 Å². The van der Waals surface area contributed by atoms with Crippen LogP contribution in [0.25, 0.3) is 0 Å². The monoisotopic (exact) mass is 791 g/mol. The molecule has 10 heteroatoms. The smallest absolute Gasteiger partial charge is 0.312 e. The Hall–Kier alpha value is -3.08. The van der Waals surface area contributed by atoms with Crippen molar-refractivity contribution in [3.05, 3.63) is 47.5 Å². The fraction of sp³-hybridized carbons (Fsp3) is 0.745. The topological polar surface area (TPSA) is 126 Å². The Morgan fingerprint density at radius 2 is 1.47 bits per heavy atom. The SMILES string of the molecule is COCCOCCOCCNC(=O)COC(=O)[C@H]1CC[C@]2(C)[C@H]3C(=O)C=C4[C@@H]5C[C@@](C)(C(=O)OCc6ccccc6)CC[C@]5(C)CC[C@@]4(C)[C@]3(C)CC[C@H]2C1(C)C. The first-order valence-corrected chi connectivity index (χ1v) is 21.5. The Labute approximate surface area is 340 Å². The summed E-state index contributed by atoms with van der Waals surface area (Å²) >= 11 is 0. The Morgan fingerprint density at radius 3 is 2.19 bits per heavy atom. The van der Waals surface area contributed by atoms with Crippen LogP contribution in [0.3, 0.4) is 0 Å². The van der Waals surface area contributed by atoms with Crippen LogP contribution in [0.5, 0.6) is 0 Å². The summed E-state index contributed by atoms with van der Waals surface area (Å²) in [6, 6.07) is 9.85. The second kappa shape index (κ2) is 16.9. The van der Waals surface area contributed by atoms with Gasteiger partial charge in [-0.25, -0.2) is 0 Å². The summed E-state index contributed by atoms with van der Waals surface area (Å²) in [6.45, 7) is 18.4. The normalized spacial score (nSPS) is 36.7. The van der Waals surface area contributed by atoms with Crippen LogP contribution in [-0.4, -0.2) is 76.9 Å². The van der Waals surface area contributed by atoms with Crippen molar-refractivity contribution in [1.29, 1.82) is 0 Å². The zero-order chi connectivity index (χ0) is 41.3. The Kier molecular flexibility index (Phi) is 12.9. The van der Waals surface area contributed by atoms with Crippen molar-refractivity contribution in [1.82, 2.24) is 5.32 Å². The predicted octanol–water partition coefficient (Wildman–Crippen LogP) is 7.67. The van der Waals surface area contributed by atoms with E-state index < -0.39 is 10.8 Å². The lowest BCUT2D eigenvalue weighted by Crippen LogP contribution is -2.66. The minimum absolute atomic E-state index is 0.0275. The van der Waals surface area contributed by atoms with Gasteiger partial charge in [-0.3, -0.25) is 19.2 Å². The molecule has 1 aromatic rings. The molecule has 1 aromatic carbocycles. The molecule has 6 rings (SSSR count). The van der Waals surface area contributed by atoms with E-state index in [0.717, 1.165) is 50.5 Å². The van der Waals surface area contributed by atoms with Gasteiger partial charge in [-0.2, -0.15) is 0 Å². The molecule has 5 aliphatic carbocycles. The summed E-state index contributed by atoms with van der Waals surface area (Å²) in [6.07, 6.45) is 9.72. The van der Waals surface area contributed by atoms with E-state index in [2.05, 4.69) is 53.8 Å². The summed E-state index contributed by atoms with van der Waals surface area (Å²) in [4.78, 5) is 55.0. The molecular weight excluding hydrogens is 723 g/mol. The van der Waals surface area contributed by atoms with E-state index in [-0.39, 0.29) is 82.2 Å². The number of hydrogen-bond acceptors (Lipinski definition) is 9. The third-order valence-corrected chi connectivity index (χ3v) is 16.3. The van der Waals surface area contributed by atoms with Gasteiger partial charge in [-0.05, 0) is 115 Å². The lowest BCUT2D eigenvalue weighted by molar-refractivity contribution is -0.200. The number of rotatable bonds is 15. The van der Waals surface area contributed by atoms with Gasteiger partial charge in [0.25, 0.3) is 5.91 Å². The van der Waals surface area contributed by atoms with E-state index in [4.69, 9.17) is 23.7 Å². The number of allylic oxidation sites excluding steroid dienone is 2. The van der Waals surface area contributed by atoms with Gasteiger partial charge < -0.3 is 29.0 Å². The van der Waals surface area contributed by atoms with Crippen molar-refractivity contribution in [2.24, 2.45) is 56.2 Å². The second-order valence-electron chi connectivity index (χ2n) is 19.9. The summed E-state index contributed by atoms with van der Waals surface area (Å²) in [5.41, 5.74) is 0.477. The van der Waals surface area contributed by atoms with Gasteiger partial charge in [0.1, 0.15) is 6.61 Å². The maximum Gasteiger partial charge on any atom is 0.312 e. The van der Waals surface area contributed by atoms with Crippen LogP contribution in [0.4, 0.5) is 0 Å². The number of fused-ring (bicyclic) bond motifs is 7. The van der Waals surface area contributed by atoms with Gasteiger partial charge in [0.05, 0.1) is 44.4 Å². The number of carbonyl (C=O) groups is 4. The zero-order valence-corrected chi connectivity index (χ0v) is 36.0. The van der Waals surface area contributed by atoms with Crippen molar-refractivity contribution in [2.75, 3.05) is 53.3 Å². The number of hydrogen-bond donors (Lipinski definition) is 1. The van der Waals surface area contributed by atoms with Crippen LogP contribution in [0.2, 0.25) is 0 Å². The molecule has 0 spiro atoms. The van der Waals surface area contributed by atoms with Gasteiger partial charge in [0.2, 0.25) is 0 Å². The van der Waals surface area contributed by atoms with E-state index >= 15 is 0 Å². The van der Waals surface area contributed by atoms with E-state index in [0.29, 0.717) is 52.4 Å². The first-order chi connectivity index (χ1) is 26.9. The highest BCUT2D eigenvalue weighted by Crippen LogP contribution is 2.75. The van der Waals surface area contributed by atoms with Crippen LogP contribution >= 0.6 is 0 Å². The zero-order valence-electron chi connectivity index (χ0n) is 36.0. The van der Waals surface area contributed by atoms with E-state index in [9.17, 15) is 19.2 Å². The molecule has 0 heterocycles. The fourth-order valence-corrected chi connectivity index (χ4v) is 12.7. The molecule has 10 nitrogen and oxygen atoms in total. The second-order valence-corrected chi connectivity index (χ2v) is 19.9. The number of methoxy groups -OCH3 is 1. The van der Waals surface area contributed by atoms with Crippen molar-refractivity contribution in [3.8, 4) is 0 Å². The maximum absolute atomic E-state index is 14.9. The molecule has 0 aromatic heterocycles. The van der Waals surface area contributed by atoms with E-state index in [1.807, 2.05) is 36.4 Å². The van der Waals surface area contributed by atoms with Crippen molar-refractivity contribution in [3.63, 3.8) is 0 Å². The number of nitrogens with one attached hydrogen (secondary N) is 1. The van der Waals surface area contributed by atoms with E-state index in [1.54, 1.807) is 7.11 Å². The number of carbonyl (C=O) groups excluding carboxylic acids is 4. The molecule has 316 valence electrons. The molecule has 5 aliphatic rings. The summed E-state index contributed by atoms with van der Waals surface area (Å²) in [7, 11) is 1.62. The molecule has 9 atom stereocenters. The molecule has 0 bridgehead atoms. The number of benzene rings is 1. The lowest BCUT2D eigenvalue weighted by atomic mass is 9.33. The van der Waals surface area contributed by atoms with Crippen LogP contribution in [-0.2, 0) is 49.5 Å². The van der Waals surface area contributed by atoms with Crippen LogP contribution < -0.4 is 5.32 Å². The first-order valence-electron chi connectivity index (χ1n) is 21.5. The number of esters is 2. The molecule has 0 aliphatic heterocycles. The van der Waals surface area contributed by atoms with Gasteiger partial charge in [-0.15, -0.1) is 0 Å². The van der Waals surface area contributed by atoms with Gasteiger partial charge >= 0.3 is 11.9 Å². The first kappa shape index (κ1) is 43.5. The summed E-state index contributed by atoms with van der Waals surface area (Å²) in [5.74, 6) is -0.897. The van der Waals surface area contributed by atoms with Crippen LogP contribution in [0, 0.1) is 56.2 Å². The molecule has 4 saturated carbocycles. The summed E-state index contributed by atoms with van der Waals surface area (Å²) < 4.78 is 27.4. The highest BCUT2D eigenvalue weighted by Gasteiger charge is 2.70.